The van der Waals surface area contributed by atoms with Gasteiger partial charge in [-0.2, -0.15) is 13.2 Å². The van der Waals surface area contributed by atoms with Gasteiger partial charge in [0.2, 0.25) is 0 Å². The number of alkyl halides is 3. The molecule has 2 aliphatic heterocycles. The van der Waals surface area contributed by atoms with Gasteiger partial charge in [-0.3, -0.25) is 14.7 Å². The van der Waals surface area contributed by atoms with Crippen LogP contribution in [-0.4, -0.2) is 75.0 Å². The van der Waals surface area contributed by atoms with E-state index in [4.69, 9.17) is 4.74 Å². The van der Waals surface area contributed by atoms with Crippen LogP contribution in [0.3, 0.4) is 0 Å². The van der Waals surface area contributed by atoms with Gasteiger partial charge in [0.05, 0.1) is 23.5 Å². The molecule has 188 valence electrons. The summed E-state index contributed by atoms with van der Waals surface area (Å²) in [6.07, 6.45) is -2.87. The molecule has 0 bridgehead atoms. The average Bonchev–Trinajstić information content (AvgIpc) is 2.88. The molecule has 2 aromatic rings. The lowest BCUT2D eigenvalue weighted by Gasteiger charge is -2.36. The fourth-order valence-electron chi connectivity index (χ4n) is 4.50. The van der Waals surface area contributed by atoms with Crippen molar-refractivity contribution in [3.8, 4) is 0 Å². The van der Waals surface area contributed by atoms with E-state index < -0.39 is 17.6 Å². The number of amides is 1. The topological polar surface area (TPSA) is 70.1 Å². The molecule has 2 saturated heterocycles. The summed E-state index contributed by atoms with van der Waals surface area (Å²) >= 11 is 0. The number of pyridine rings is 1. The quantitative estimate of drug-likeness (QED) is 0.594. The minimum Gasteiger partial charge on any atom is -0.381 e. The summed E-state index contributed by atoms with van der Waals surface area (Å²) in [6.45, 7) is 8.98. The maximum Gasteiger partial charge on any atom is 0.416 e. The van der Waals surface area contributed by atoms with Gasteiger partial charge in [-0.05, 0) is 49.9 Å². The average molecular weight is 490 g/mol. The van der Waals surface area contributed by atoms with Gasteiger partial charge in [0.25, 0.3) is 5.91 Å². The van der Waals surface area contributed by atoms with Crippen LogP contribution in [0.2, 0.25) is 0 Å². The second-order valence-electron chi connectivity index (χ2n) is 8.79. The number of carbonyl (C=O) groups excluding carboxylic acids is 1. The van der Waals surface area contributed by atoms with Crippen LogP contribution in [0.4, 0.5) is 24.5 Å². The third-order valence-corrected chi connectivity index (χ3v) is 6.50. The van der Waals surface area contributed by atoms with Crippen molar-refractivity contribution in [1.82, 2.24) is 9.88 Å². The zero-order valence-corrected chi connectivity index (χ0v) is 19.6. The predicted molar refractivity (Wildman–Crippen MR) is 129 cm³/mol. The van der Waals surface area contributed by atoms with Crippen molar-refractivity contribution in [3.05, 3.63) is 53.3 Å². The first-order valence-electron chi connectivity index (χ1n) is 11.8. The van der Waals surface area contributed by atoms with Crippen molar-refractivity contribution < 1.29 is 22.7 Å². The number of aromatic nitrogens is 1. The van der Waals surface area contributed by atoms with Crippen molar-refractivity contribution in [2.45, 2.75) is 24.9 Å². The first kappa shape index (κ1) is 25.1. The SMILES string of the molecule is C=NCCN1CCN(c2ccc(C(F)(F)F)cc2NC(=O)c2cccc(C3CCOCC3)n2)CC1. The lowest BCUT2D eigenvalue weighted by atomic mass is 9.96. The molecule has 0 atom stereocenters. The Morgan fingerprint density at radius 1 is 1.14 bits per heavy atom. The molecule has 1 aromatic carbocycles. The van der Waals surface area contributed by atoms with Gasteiger partial charge < -0.3 is 15.0 Å². The summed E-state index contributed by atoms with van der Waals surface area (Å²) in [5, 5.41) is 2.71. The Hall–Kier alpha value is -2.98. The number of ether oxygens (including phenoxy) is 1. The number of piperazine rings is 1. The number of hydrogen-bond acceptors (Lipinski definition) is 6. The number of benzene rings is 1. The molecule has 2 fully saturated rings. The minimum atomic E-state index is -4.52. The molecule has 1 aromatic heterocycles. The van der Waals surface area contributed by atoms with Gasteiger partial charge in [-0.1, -0.05) is 6.07 Å². The number of rotatable bonds is 7. The van der Waals surface area contributed by atoms with Crippen LogP contribution in [0.5, 0.6) is 0 Å². The number of carbonyl (C=O) groups is 1. The molecule has 0 spiro atoms. The summed E-state index contributed by atoms with van der Waals surface area (Å²) in [4.78, 5) is 25.7. The lowest BCUT2D eigenvalue weighted by molar-refractivity contribution is -0.137. The highest BCUT2D eigenvalue weighted by atomic mass is 19.4. The highest BCUT2D eigenvalue weighted by Gasteiger charge is 2.32. The number of halogens is 3. The van der Waals surface area contributed by atoms with Crippen LogP contribution in [0, 0.1) is 0 Å². The molecule has 1 N–H and O–H groups in total. The Morgan fingerprint density at radius 2 is 1.89 bits per heavy atom. The largest absolute Gasteiger partial charge is 0.416 e. The van der Waals surface area contributed by atoms with E-state index in [0.717, 1.165) is 50.3 Å². The fourth-order valence-corrected chi connectivity index (χ4v) is 4.50. The predicted octanol–water partition coefficient (Wildman–Crippen LogP) is 4.07. The van der Waals surface area contributed by atoms with E-state index in [1.165, 1.54) is 6.07 Å². The van der Waals surface area contributed by atoms with E-state index in [-0.39, 0.29) is 17.3 Å². The Labute approximate surface area is 203 Å². The summed E-state index contributed by atoms with van der Waals surface area (Å²) in [5.74, 6) is -0.330. The van der Waals surface area contributed by atoms with E-state index in [0.29, 0.717) is 38.5 Å². The molecule has 10 heteroatoms. The molecule has 35 heavy (non-hydrogen) atoms. The van der Waals surface area contributed by atoms with Gasteiger partial charge in [-0.15, -0.1) is 0 Å². The molecule has 0 unspecified atom stereocenters. The van der Waals surface area contributed by atoms with Gasteiger partial charge in [0, 0.05) is 57.5 Å². The van der Waals surface area contributed by atoms with Crippen molar-refractivity contribution >= 4 is 24.0 Å². The van der Waals surface area contributed by atoms with E-state index in [2.05, 4.69) is 26.9 Å². The van der Waals surface area contributed by atoms with Crippen LogP contribution in [-0.2, 0) is 10.9 Å². The molecular weight excluding hydrogens is 459 g/mol. The maximum absolute atomic E-state index is 13.5. The van der Waals surface area contributed by atoms with Gasteiger partial charge in [-0.25, -0.2) is 4.98 Å². The van der Waals surface area contributed by atoms with E-state index >= 15 is 0 Å². The van der Waals surface area contributed by atoms with Crippen LogP contribution >= 0.6 is 0 Å². The monoisotopic (exact) mass is 489 g/mol. The normalized spacial score (nSPS) is 17.9. The van der Waals surface area contributed by atoms with E-state index in [1.54, 1.807) is 12.1 Å². The molecule has 7 nitrogen and oxygen atoms in total. The summed E-state index contributed by atoms with van der Waals surface area (Å²) in [6, 6.07) is 8.72. The van der Waals surface area contributed by atoms with Crippen LogP contribution < -0.4 is 10.2 Å². The van der Waals surface area contributed by atoms with E-state index in [1.807, 2.05) is 11.0 Å². The molecule has 3 heterocycles. The van der Waals surface area contributed by atoms with E-state index in [9.17, 15) is 18.0 Å². The maximum atomic E-state index is 13.5. The molecule has 1 amide bonds. The second-order valence-corrected chi connectivity index (χ2v) is 8.79. The van der Waals surface area contributed by atoms with Gasteiger partial charge in [0.15, 0.2) is 0 Å². The molecule has 2 aliphatic rings. The molecule has 4 rings (SSSR count). The second kappa shape index (κ2) is 11.2. The Balaban J connectivity index is 1.55. The standard InChI is InChI=1S/C25H30F3N5O2/c1-29-9-10-32-11-13-33(14-12-32)23-6-5-19(25(26,27)28)17-22(23)31-24(34)21-4-2-3-20(30-21)18-7-15-35-16-8-18/h2-6,17-18H,1,7-16H2,(H,31,34). The smallest absolute Gasteiger partial charge is 0.381 e. The van der Waals surface area contributed by atoms with Crippen molar-refractivity contribution in [2.75, 3.05) is 62.7 Å². The number of nitrogens with zero attached hydrogens (tertiary/aromatic N) is 4. The number of anilines is 2. The molecule has 0 saturated carbocycles. The Kier molecular flexibility index (Phi) is 8.02. The summed E-state index contributed by atoms with van der Waals surface area (Å²) in [7, 11) is 0. The molecule has 0 radical (unpaired) electrons. The summed E-state index contributed by atoms with van der Waals surface area (Å²) in [5.41, 5.74) is 0.864. The van der Waals surface area contributed by atoms with Crippen LogP contribution in [0.15, 0.2) is 41.4 Å². The third kappa shape index (κ3) is 6.37. The highest BCUT2D eigenvalue weighted by molar-refractivity contribution is 6.04. The first-order chi connectivity index (χ1) is 16.8. The van der Waals surface area contributed by atoms with Crippen molar-refractivity contribution in [3.63, 3.8) is 0 Å². The summed E-state index contributed by atoms with van der Waals surface area (Å²) < 4.78 is 45.8. The molecule has 0 aliphatic carbocycles. The Morgan fingerprint density at radius 3 is 2.57 bits per heavy atom. The van der Waals surface area contributed by atoms with Crippen LogP contribution in [0.1, 0.15) is 40.5 Å². The van der Waals surface area contributed by atoms with Crippen molar-refractivity contribution in [1.29, 1.82) is 0 Å². The molecular formula is C25H30F3N5O2. The number of nitrogens with one attached hydrogen (secondary N) is 1. The first-order valence-corrected chi connectivity index (χ1v) is 11.8. The van der Waals surface area contributed by atoms with Crippen molar-refractivity contribution in [2.24, 2.45) is 4.99 Å². The number of hydrogen-bond donors (Lipinski definition) is 1. The highest BCUT2D eigenvalue weighted by Crippen LogP contribution is 2.36. The zero-order valence-electron chi connectivity index (χ0n) is 19.6. The van der Waals surface area contributed by atoms with Gasteiger partial charge >= 0.3 is 6.18 Å². The number of aliphatic imine (C=N–C) groups is 1. The van der Waals surface area contributed by atoms with Gasteiger partial charge in [0.1, 0.15) is 5.69 Å². The fraction of sp³-hybridized carbons (Fsp3) is 0.480. The zero-order chi connectivity index (χ0) is 24.8. The lowest BCUT2D eigenvalue weighted by Crippen LogP contribution is -2.47. The minimum absolute atomic E-state index is 0.129. The van der Waals surface area contributed by atoms with Crippen LogP contribution in [0.25, 0.3) is 0 Å². The Bertz CT molecular complexity index is 1030. The third-order valence-electron chi connectivity index (χ3n) is 6.50.